The Hall–Kier alpha value is -2.21. The molecule has 6 nitrogen and oxygen atoms in total. The molecular weight excluding hydrogens is 280 g/mol. The number of nitrogens with zero attached hydrogens (tertiary/aromatic N) is 3. The number of aromatic nitrogens is 2. The first-order valence-corrected chi connectivity index (χ1v) is 6.27. The van der Waals surface area contributed by atoms with E-state index in [1.165, 1.54) is 7.11 Å². The third kappa shape index (κ3) is 2.70. The largest absolute Gasteiger partial charge is 0.496 e. The van der Waals surface area contributed by atoms with Gasteiger partial charge in [-0.25, -0.2) is 0 Å². The predicted molar refractivity (Wildman–Crippen MR) is 76.6 cm³/mol. The molecule has 0 bridgehead atoms. The van der Waals surface area contributed by atoms with Crippen molar-refractivity contribution < 1.29 is 9.94 Å². The first-order valence-electron chi connectivity index (χ1n) is 5.89. The molecule has 0 saturated heterocycles. The number of amidine groups is 1. The second kappa shape index (κ2) is 5.83. The molecule has 2 aromatic rings. The maximum atomic E-state index is 8.73. The molecule has 1 aromatic heterocycles. The highest BCUT2D eigenvalue weighted by Gasteiger charge is 2.10. The van der Waals surface area contributed by atoms with Gasteiger partial charge in [0.25, 0.3) is 0 Å². The van der Waals surface area contributed by atoms with Crippen LogP contribution in [0.5, 0.6) is 5.75 Å². The molecule has 0 spiro atoms. The van der Waals surface area contributed by atoms with Crippen molar-refractivity contribution in [3.8, 4) is 5.75 Å². The molecule has 1 aromatic carbocycles. The lowest BCUT2D eigenvalue weighted by Gasteiger charge is -2.10. The van der Waals surface area contributed by atoms with E-state index in [1.54, 1.807) is 16.9 Å². The Bertz CT molecular complexity index is 652. The summed E-state index contributed by atoms with van der Waals surface area (Å²) in [5.74, 6) is 0.542. The van der Waals surface area contributed by atoms with E-state index in [2.05, 4.69) is 10.3 Å². The Kier molecular flexibility index (Phi) is 4.14. The number of hydrogen-bond donors (Lipinski definition) is 2. The van der Waals surface area contributed by atoms with Gasteiger partial charge in [0, 0.05) is 0 Å². The first kappa shape index (κ1) is 14.2. The van der Waals surface area contributed by atoms with E-state index in [0.29, 0.717) is 22.9 Å². The number of ether oxygens (including phenoxy) is 1. The molecule has 0 atom stereocenters. The second-order valence-electron chi connectivity index (χ2n) is 4.26. The highest BCUT2D eigenvalue weighted by atomic mass is 35.5. The molecule has 0 fully saturated rings. The monoisotopic (exact) mass is 294 g/mol. The van der Waals surface area contributed by atoms with Gasteiger partial charge < -0.3 is 15.7 Å². The highest BCUT2D eigenvalue weighted by molar-refractivity contribution is 6.31. The summed E-state index contributed by atoms with van der Waals surface area (Å²) in [7, 11) is 1.53. The summed E-state index contributed by atoms with van der Waals surface area (Å²) < 4.78 is 7.05. The van der Waals surface area contributed by atoms with E-state index < -0.39 is 0 Å². The van der Waals surface area contributed by atoms with Crippen LogP contribution in [0.1, 0.15) is 16.8 Å². The van der Waals surface area contributed by atoms with E-state index in [4.69, 9.17) is 27.3 Å². The lowest BCUT2D eigenvalue weighted by molar-refractivity contribution is 0.318. The maximum Gasteiger partial charge on any atom is 0.173 e. The van der Waals surface area contributed by atoms with E-state index >= 15 is 0 Å². The van der Waals surface area contributed by atoms with Crippen LogP contribution in [-0.2, 0) is 6.54 Å². The lowest BCUT2D eigenvalue weighted by atomic mass is 10.1. The number of halogens is 1. The minimum atomic E-state index is 0.00622. The van der Waals surface area contributed by atoms with Crippen molar-refractivity contribution in [2.24, 2.45) is 10.9 Å². The van der Waals surface area contributed by atoms with Gasteiger partial charge >= 0.3 is 0 Å². The minimum absolute atomic E-state index is 0.00622. The maximum absolute atomic E-state index is 8.73. The molecule has 1 heterocycles. The number of hydrogen-bond acceptors (Lipinski definition) is 4. The Morgan fingerprint density at radius 2 is 2.30 bits per heavy atom. The van der Waals surface area contributed by atoms with Crippen molar-refractivity contribution in [1.82, 2.24) is 9.78 Å². The Morgan fingerprint density at radius 3 is 2.85 bits per heavy atom. The fourth-order valence-electron chi connectivity index (χ4n) is 1.86. The zero-order valence-corrected chi connectivity index (χ0v) is 11.9. The van der Waals surface area contributed by atoms with Gasteiger partial charge in [-0.2, -0.15) is 5.10 Å². The van der Waals surface area contributed by atoms with Crippen molar-refractivity contribution in [3.05, 3.63) is 46.2 Å². The Balaban J connectivity index is 2.33. The van der Waals surface area contributed by atoms with Crippen LogP contribution in [-0.4, -0.2) is 27.9 Å². The lowest BCUT2D eigenvalue weighted by Crippen LogP contribution is -2.15. The van der Waals surface area contributed by atoms with Gasteiger partial charge in [0.15, 0.2) is 5.84 Å². The molecule has 0 aliphatic carbocycles. The van der Waals surface area contributed by atoms with Crippen LogP contribution >= 0.6 is 11.6 Å². The van der Waals surface area contributed by atoms with Gasteiger partial charge in [0.05, 0.1) is 36.1 Å². The van der Waals surface area contributed by atoms with Gasteiger partial charge in [-0.3, -0.25) is 4.68 Å². The molecule has 2 rings (SSSR count). The molecule has 0 unspecified atom stereocenters. The summed E-state index contributed by atoms with van der Waals surface area (Å²) in [5, 5.41) is 16.5. The van der Waals surface area contributed by atoms with E-state index in [9.17, 15) is 0 Å². The van der Waals surface area contributed by atoms with Gasteiger partial charge in [-0.05, 0) is 24.6 Å². The fraction of sp³-hybridized carbons (Fsp3) is 0.231. The van der Waals surface area contributed by atoms with Crippen molar-refractivity contribution in [2.75, 3.05) is 7.11 Å². The molecule has 0 saturated carbocycles. The number of methoxy groups -OCH3 is 1. The van der Waals surface area contributed by atoms with Crippen LogP contribution in [0.3, 0.4) is 0 Å². The molecule has 7 heteroatoms. The fourth-order valence-corrected chi connectivity index (χ4v) is 2.00. The third-order valence-corrected chi connectivity index (χ3v) is 3.40. The first-order chi connectivity index (χ1) is 9.56. The average molecular weight is 295 g/mol. The third-order valence-electron chi connectivity index (χ3n) is 3.03. The van der Waals surface area contributed by atoms with Crippen molar-refractivity contribution in [1.29, 1.82) is 0 Å². The average Bonchev–Trinajstić information content (AvgIpc) is 2.78. The van der Waals surface area contributed by atoms with Crippen LogP contribution in [0.4, 0.5) is 0 Å². The zero-order chi connectivity index (χ0) is 14.7. The summed E-state index contributed by atoms with van der Waals surface area (Å²) in [5.41, 5.74) is 7.99. The summed E-state index contributed by atoms with van der Waals surface area (Å²) >= 11 is 5.97. The summed E-state index contributed by atoms with van der Waals surface area (Å²) in [4.78, 5) is 0. The van der Waals surface area contributed by atoms with Crippen LogP contribution < -0.4 is 10.5 Å². The SMILES string of the molecule is COc1cc(Cn2ncc(Cl)c2C)ccc1/C(N)=N/O. The van der Waals surface area contributed by atoms with E-state index in [0.717, 1.165) is 11.3 Å². The second-order valence-corrected chi connectivity index (χ2v) is 4.66. The predicted octanol–water partition coefficient (Wildman–Crippen LogP) is 2.00. The molecule has 106 valence electrons. The number of oxime groups is 1. The molecule has 0 amide bonds. The van der Waals surface area contributed by atoms with Crippen LogP contribution in [0.25, 0.3) is 0 Å². The van der Waals surface area contributed by atoms with Crippen LogP contribution in [0, 0.1) is 6.92 Å². The normalized spacial score (nSPS) is 11.7. The van der Waals surface area contributed by atoms with Crippen LogP contribution in [0.2, 0.25) is 5.02 Å². The molecular formula is C13H15ClN4O2. The van der Waals surface area contributed by atoms with Gasteiger partial charge in [-0.1, -0.05) is 22.8 Å². The van der Waals surface area contributed by atoms with Crippen LogP contribution in [0.15, 0.2) is 29.6 Å². The standard InChI is InChI=1S/C13H15ClN4O2/c1-8-11(14)6-16-18(8)7-9-3-4-10(13(15)17-19)12(5-9)20-2/h3-6,19H,7H2,1-2H3,(H2,15,17). The quantitative estimate of drug-likeness (QED) is 0.391. The van der Waals surface area contributed by atoms with E-state index in [-0.39, 0.29) is 5.84 Å². The van der Waals surface area contributed by atoms with Crippen molar-refractivity contribution in [2.45, 2.75) is 13.5 Å². The van der Waals surface area contributed by atoms with Gasteiger partial charge in [0.1, 0.15) is 5.75 Å². The number of benzene rings is 1. The smallest absolute Gasteiger partial charge is 0.173 e. The molecule has 3 N–H and O–H groups in total. The molecule has 0 aliphatic heterocycles. The number of rotatable bonds is 4. The summed E-state index contributed by atoms with van der Waals surface area (Å²) in [6, 6.07) is 5.43. The summed E-state index contributed by atoms with van der Waals surface area (Å²) in [6.45, 7) is 2.46. The molecule has 0 radical (unpaired) electrons. The molecule has 20 heavy (non-hydrogen) atoms. The van der Waals surface area contributed by atoms with E-state index in [1.807, 2.05) is 19.1 Å². The zero-order valence-electron chi connectivity index (χ0n) is 11.2. The summed E-state index contributed by atoms with van der Waals surface area (Å²) in [6.07, 6.45) is 1.61. The Labute approximate surface area is 121 Å². The van der Waals surface area contributed by atoms with Crippen molar-refractivity contribution >= 4 is 17.4 Å². The number of nitrogens with two attached hydrogens (primary N) is 1. The van der Waals surface area contributed by atoms with Gasteiger partial charge in [-0.15, -0.1) is 0 Å². The topological polar surface area (TPSA) is 85.7 Å². The minimum Gasteiger partial charge on any atom is -0.496 e. The highest BCUT2D eigenvalue weighted by Crippen LogP contribution is 2.22. The van der Waals surface area contributed by atoms with Gasteiger partial charge in [0.2, 0.25) is 0 Å². The van der Waals surface area contributed by atoms with Crippen molar-refractivity contribution in [3.63, 3.8) is 0 Å². The Morgan fingerprint density at radius 1 is 1.55 bits per heavy atom. The molecule has 0 aliphatic rings.